The third-order valence-corrected chi connectivity index (χ3v) is 5.96. The summed E-state index contributed by atoms with van der Waals surface area (Å²) < 4.78 is 11.8. The minimum absolute atomic E-state index is 0.101. The molecule has 0 saturated heterocycles. The first-order chi connectivity index (χ1) is 10.7. The van der Waals surface area contributed by atoms with Gasteiger partial charge in [-0.3, -0.25) is 4.57 Å². The van der Waals surface area contributed by atoms with Gasteiger partial charge in [0.05, 0.1) is 5.16 Å². The predicted molar refractivity (Wildman–Crippen MR) is 101 cm³/mol. The zero-order valence-corrected chi connectivity index (χ0v) is 16.6. The lowest BCUT2D eigenvalue weighted by Gasteiger charge is -2.26. The Labute approximate surface area is 142 Å². The topological polar surface area (TPSA) is 17.1 Å². The molecule has 0 aliphatic carbocycles. The molecule has 0 aliphatic heterocycles. The van der Waals surface area contributed by atoms with E-state index in [9.17, 15) is 4.57 Å². The Morgan fingerprint density at radius 1 is 0.545 bits per heavy atom. The van der Waals surface area contributed by atoms with Crippen molar-refractivity contribution < 1.29 is 4.57 Å². The molecule has 1 nitrogen and oxygen atoms in total. The van der Waals surface area contributed by atoms with Crippen molar-refractivity contribution in [2.75, 3.05) is 0 Å². The van der Waals surface area contributed by atoms with Crippen molar-refractivity contribution in [3.05, 3.63) is 0 Å². The van der Waals surface area contributed by atoms with E-state index in [1.807, 2.05) is 0 Å². The van der Waals surface area contributed by atoms with E-state index in [1.165, 1.54) is 96.3 Å². The lowest BCUT2D eigenvalue weighted by molar-refractivity contribution is 0.401. The normalized spacial score (nSPS) is 12.1. The second-order valence-corrected chi connectivity index (χ2v) is 8.23. The fourth-order valence-electron chi connectivity index (χ4n) is 3.45. The molecule has 22 heavy (non-hydrogen) atoms. The van der Waals surface area contributed by atoms with Gasteiger partial charge in [0.2, 0.25) is 0 Å². The van der Waals surface area contributed by atoms with E-state index in [4.69, 9.17) is 0 Å². The Morgan fingerprint density at radius 2 is 0.955 bits per heavy atom. The predicted octanol–water partition coefficient (Wildman–Crippen LogP) is 8.32. The average molecular weight is 329 g/mol. The summed E-state index contributed by atoms with van der Waals surface area (Å²) in [6, 6.07) is 0. The van der Waals surface area contributed by atoms with Crippen LogP contribution in [-0.4, -0.2) is 5.16 Å². The average Bonchev–Trinajstić information content (AvgIpc) is 2.54. The summed E-state index contributed by atoms with van der Waals surface area (Å²) in [6.45, 7) is 6.77. The van der Waals surface area contributed by atoms with Crippen LogP contribution in [0.4, 0.5) is 0 Å². The first kappa shape index (κ1) is 22.1. The molecule has 0 heterocycles. The molecule has 0 atom stereocenters. The number of hydrogen-bond acceptors (Lipinski definition) is 1. The summed E-state index contributed by atoms with van der Waals surface area (Å²) in [5, 5.41) is 0.101. The third-order valence-electron chi connectivity index (χ3n) is 4.90. The number of unbranched alkanes of at least 4 members (excludes halogenated alkanes) is 10. The van der Waals surface area contributed by atoms with E-state index in [0.29, 0.717) is 8.46 Å². The van der Waals surface area contributed by atoms with Crippen molar-refractivity contribution in [3.63, 3.8) is 0 Å². The second-order valence-electron chi connectivity index (χ2n) is 7.10. The van der Waals surface area contributed by atoms with Crippen molar-refractivity contribution in [2.24, 2.45) is 0 Å². The van der Waals surface area contributed by atoms with Crippen LogP contribution < -0.4 is 0 Å². The number of rotatable bonds is 17. The van der Waals surface area contributed by atoms with Crippen LogP contribution in [0, 0.1) is 0 Å². The van der Waals surface area contributed by atoms with Crippen LogP contribution in [0.5, 0.6) is 0 Å². The Balaban J connectivity index is 3.97. The number of hydrogen-bond donors (Lipinski definition) is 0. The molecule has 0 fully saturated rings. The highest BCUT2D eigenvalue weighted by molar-refractivity contribution is 7.26. The van der Waals surface area contributed by atoms with Crippen molar-refractivity contribution >= 4 is 8.46 Å². The quantitative estimate of drug-likeness (QED) is 0.194. The third kappa shape index (κ3) is 11.6. The lowest BCUT2D eigenvalue weighted by Crippen LogP contribution is -2.21. The van der Waals surface area contributed by atoms with Gasteiger partial charge in [0.1, 0.15) is 0 Å². The standard InChI is InChI=1S/C20H41OP/c1-4-7-9-11-13-15-18-20(22-21,17-6-3)19-16-14-12-10-8-5-2/h4-19H2,1-3H3. The largest absolute Gasteiger partial charge is 0.274 e. The SMILES string of the molecule is CCCCCCCCC(CCC)(CCCCCCCC)P=O. The van der Waals surface area contributed by atoms with Gasteiger partial charge in [0.15, 0.2) is 8.46 Å². The second kappa shape index (κ2) is 16.0. The minimum Gasteiger partial charge on any atom is -0.274 e. The summed E-state index contributed by atoms with van der Waals surface area (Å²) in [5.74, 6) is 0. The highest BCUT2D eigenvalue weighted by Crippen LogP contribution is 2.39. The summed E-state index contributed by atoms with van der Waals surface area (Å²) in [4.78, 5) is 0. The zero-order valence-electron chi connectivity index (χ0n) is 15.7. The first-order valence-corrected chi connectivity index (χ1v) is 10.9. The minimum atomic E-state index is 0.101. The van der Waals surface area contributed by atoms with Gasteiger partial charge in [-0.05, 0) is 19.3 Å². The van der Waals surface area contributed by atoms with Gasteiger partial charge < -0.3 is 0 Å². The van der Waals surface area contributed by atoms with Gasteiger partial charge in [-0.25, -0.2) is 0 Å². The molecular formula is C20H41OP. The molecule has 0 bridgehead atoms. The van der Waals surface area contributed by atoms with Gasteiger partial charge in [0, 0.05) is 0 Å². The molecule has 0 radical (unpaired) electrons. The summed E-state index contributed by atoms with van der Waals surface area (Å²) in [5.41, 5.74) is 0. The van der Waals surface area contributed by atoms with Crippen LogP contribution in [0.3, 0.4) is 0 Å². The van der Waals surface area contributed by atoms with E-state index in [1.54, 1.807) is 0 Å². The van der Waals surface area contributed by atoms with Crippen molar-refractivity contribution in [3.8, 4) is 0 Å². The molecule has 0 aromatic heterocycles. The molecule has 0 saturated carbocycles. The molecule has 0 aromatic rings. The fourth-order valence-corrected chi connectivity index (χ4v) is 4.26. The molecule has 0 rings (SSSR count). The Bertz CT molecular complexity index is 224. The van der Waals surface area contributed by atoms with Gasteiger partial charge in [-0.15, -0.1) is 0 Å². The summed E-state index contributed by atoms with van der Waals surface area (Å²) in [6.07, 6.45) is 20.7. The molecule has 0 amide bonds. The van der Waals surface area contributed by atoms with E-state index in [0.717, 1.165) is 6.42 Å². The van der Waals surface area contributed by atoms with Crippen LogP contribution in [0.15, 0.2) is 0 Å². The molecule has 0 unspecified atom stereocenters. The van der Waals surface area contributed by atoms with E-state index in [2.05, 4.69) is 20.8 Å². The van der Waals surface area contributed by atoms with Gasteiger partial charge in [0.25, 0.3) is 0 Å². The van der Waals surface area contributed by atoms with Gasteiger partial charge >= 0.3 is 0 Å². The monoisotopic (exact) mass is 328 g/mol. The van der Waals surface area contributed by atoms with Crippen molar-refractivity contribution in [2.45, 2.75) is 129 Å². The lowest BCUT2D eigenvalue weighted by atomic mass is 9.89. The van der Waals surface area contributed by atoms with Crippen LogP contribution >= 0.6 is 8.46 Å². The summed E-state index contributed by atoms with van der Waals surface area (Å²) >= 11 is 0. The van der Waals surface area contributed by atoms with Crippen LogP contribution in [0.25, 0.3) is 0 Å². The summed E-state index contributed by atoms with van der Waals surface area (Å²) in [7, 11) is 0.415. The highest BCUT2D eigenvalue weighted by Gasteiger charge is 2.28. The molecule has 0 N–H and O–H groups in total. The van der Waals surface area contributed by atoms with Crippen LogP contribution in [0.2, 0.25) is 0 Å². The zero-order chi connectivity index (χ0) is 16.5. The molecular weight excluding hydrogens is 287 g/mol. The molecule has 132 valence electrons. The highest BCUT2D eigenvalue weighted by atomic mass is 31.1. The van der Waals surface area contributed by atoms with Gasteiger partial charge in [-0.2, -0.15) is 0 Å². The maximum atomic E-state index is 11.8. The van der Waals surface area contributed by atoms with Crippen molar-refractivity contribution in [1.29, 1.82) is 0 Å². The Hall–Kier alpha value is 0.100. The van der Waals surface area contributed by atoms with E-state index < -0.39 is 0 Å². The maximum Gasteiger partial charge on any atom is 0.162 e. The van der Waals surface area contributed by atoms with Crippen molar-refractivity contribution in [1.82, 2.24) is 0 Å². The van der Waals surface area contributed by atoms with Crippen LogP contribution in [-0.2, 0) is 4.57 Å². The smallest absolute Gasteiger partial charge is 0.162 e. The Kier molecular flexibility index (Phi) is 16.0. The molecule has 2 heteroatoms. The van der Waals surface area contributed by atoms with E-state index >= 15 is 0 Å². The Morgan fingerprint density at radius 3 is 1.32 bits per heavy atom. The van der Waals surface area contributed by atoms with Gasteiger partial charge in [-0.1, -0.05) is 104 Å². The molecule has 0 aromatic carbocycles. The fraction of sp³-hybridized carbons (Fsp3) is 1.00. The van der Waals surface area contributed by atoms with E-state index in [-0.39, 0.29) is 5.16 Å². The maximum absolute atomic E-state index is 11.8. The molecule has 0 spiro atoms. The first-order valence-electron chi connectivity index (χ1n) is 10.1. The molecule has 0 aliphatic rings. The van der Waals surface area contributed by atoms with Crippen LogP contribution in [0.1, 0.15) is 124 Å².